The summed E-state index contributed by atoms with van der Waals surface area (Å²) >= 11 is 1.41. The molecule has 1 aliphatic heterocycles. The molecule has 3 heterocycles. The summed E-state index contributed by atoms with van der Waals surface area (Å²) in [6, 6.07) is 17.9. The highest BCUT2D eigenvalue weighted by Gasteiger charge is 2.57. The molecule has 4 atom stereocenters. The number of Topliss-reactive ketones (excluding diaryl/α,β-unsaturated/α-hetero) is 1. The molecule has 2 amide bonds. The third-order valence-corrected chi connectivity index (χ3v) is 8.21. The maximum Gasteiger partial charge on any atom is 0.255 e. The standard InChI is InChI=1S/C31H27FN2O4S/c1-18-15-16-39-29(18)26-25(28(35)24-14-11-19(2)38-24)23(13-12-20-7-4-3-5-8-20)34(27(26)30(33)36)31(37)21-9-6-10-22(32)17-21/h3-17,23,25-27H,1-2H3,(H2,33,36). The van der Waals surface area contributed by atoms with E-state index in [1.807, 2.05) is 54.8 Å². The molecule has 0 radical (unpaired) electrons. The number of thiophene rings is 1. The van der Waals surface area contributed by atoms with Crippen LogP contribution in [0.3, 0.4) is 0 Å². The Morgan fingerprint density at radius 1 is 1.00 bits per heavy atom. The average Bonchev–Trinajstić information content (AvgIpc) is 3.63. The third kappa shape index (κ3) is 5.07. The zero-order valence-electron chi connectivity index (χ0n) is 21.4. The second kappa shape index (κ2) is 10.8. The Morgan fingerprint density at radius 2 is 1.77 bits per heavy atom. The summed E-state index contributed by atoms with van der Waals surface area (Å²) in [4.78, 5) is 43.5. The van der Waals surface area contributed by atoms with Crippen LogP contribution in [-0.4, -0.2) is 34.6 Å². The Balaban J connectivity index is 1.73. The number of likely N-dealkylation sites (tertiary alicyclic amines) is 1. The van der Waals surface area contributed by atoms with Crippen molar-refractivity contribution in [3.63, 3.8) is 0 Å². The van der Waals surface area contributed by atoms with Gasteiger partial charge < -0.3 is 15.1 Å². The molecule has 8 heteroatoms. The Hall–Kier alpha value is -4.30. The van der Waals surface area contributed by atoms with Crippen LogP contribution < -0.4 is 5.73 Å². The number of nitrogens with two attached hydrogens (primary N) is 1. The third-order valence-electron chi connectivity index (χ3n) is 7.09. The van der Waals surface area contributed by atoms with Gasteiger partial charge in [-0.3, -0.25) is 14.4 Å². The number of halogens is 1. The maximum atomic E-state index is 14.2. The number of hydrogen-bond acceptors (Lipinski definition) is 5. The quantitative estimate of drug-likeness (QED) is 0.300. The summed E-state index contributed by atoms with van der Waals surface area (Å²) in [6.45, 7) is 3.64. The first kappa shape index (κ1) is 26.3. The van der Waals surface area contributed by atoms with E-state index >= 15 is 0 Å². The van der Waals surface area contributed by atoms with Gasteiger partial charge in [0.05, 0.1) is 12.0 Å². The summed E-state index contributed by atoms with van der Waals surface area (Å²) < 4.78 is 19.9. The molecule has 5 rings (SSSR count). The molecule has 4 aromatic rings. The minimum absolute atomic E-state index is 0.0583. The summed E-state index contributed by atoms with van der Waals surface area (Å²) in [6.07, 6.45) is 3.57. The van der Waals surface area contributed by atoms with Gasteiger partial charge in [0.15, 0.2) is 5.76 Å². The van der Waals surface area contributed by atoms with Crippen LogP contribution in [0.5, 0.6) is 0 Å². The van der Waals surface area contributed by atoms with Crippen LogP contribution in [-0.2, 0) is 4.79 Å². The Kier molecular flexibility index (Phi) is 7.30. The van der Waals surface area contributed by atoms with Gasteiger partial charge in [0.25, 0.3) is 5.91 Å². The van der Waals surface area contributed by atoms with E-state index in [0.717, 1.165) is 22.1 Å². The van der Waals surface area contributed by atoms with Gasteiger partial charge in [0.2, 0.25) is 11.7 Å². The molecular formula is C31H27FN2O4S. The number of amides is 2. The number of hydrogen-bond donors (Lipinski definition) is 1. The number of nitrogens with zero attached hydrogens (tertiary/aromatic N) is 1. The first-order valence-electron chi connectivity index (χ1n) is 12.5. The van der Waals surface area contributed by atoms with Crippen LogP contribution in [0, 0.1) is 25.6 Å². The largest absolute Gasteiger partial charge is 0.458 e. The molecule has 4 unspecified atom stereocenters. The minimum atomic E-state index is -1.16. The number of primary amides is 1. The van der Waals surface area contributed by atoms with Gasteiger partial charge in [-0.1, -0.05) is 48.6 Å². The van der Waals surface area contributed by atoms with Crippen LogP contribution in [0.2, 0.25) is 0 Å². The summed E-state index contributed by atoms with van der Waals surface area (Å²) in [5.41, 5.74) is 7.79. The minimum Gasteiger partial charge on any atom is -0.458 e. The van der Waals surface area contributed by atoms with Crippen molar-refractivity contribution < 1.29 is 23.2 Å². The highest BCUT2D eigenvalue weighted by molar-refractivity contribution is 7.10. The monoisotopic (exact) mass is 542 g/mol. The van der Waals surface area contributed by atoms with Gasteiger partial charge >= 0.3 is 0 Å². The normalized spacial score (nSPS) is 20.9. The predicted octanol–water partition coefficient (Wildman–Crippen LogP) is 5.77. The number of carbonyl (C=O) groups excluding carboxylic acids is 3. The number of rotatable bonds is 7. The van der Waals surface area contributed by atoms with Crippen LogP contribution in [0.1, 0.15) is 48.6 Å². The number of ketones is 1. The van der Waals surface area contributed by atoms with Crippen LogP contribution >= 0.6 is 11.3 Å². The smallest absolute Gasteiger partial charge is 0.255 e. The first-order valence-corrected chi connectivity index (χ1v) is 13.4. The first-order chi connectivity index (χ1) is 18.8. The molecule has 39 heavy (non-hydrogen) atoms. The van der Waals surface area contributed by atoms with Crippen molar-refractivity contribution in [2.45, 2.75) is 31.8 Å². The topological polar surface area (TPSA) is 93.6 Å². The number of aryl methyl sites for hydroxylation is 2. The van der Waals surface area contributed by atoms with Gasteiger partial charge in [-0.15, -0.1) is 11.3 Å². The zero-order valence-corrected chi connectivity index (χ0v) is 22.2. The Morgan fingerprint density at radius 3 is 2.38 bits per heavy atom. The van der Waals surface area contributed by atoms with E-state index in [4.69, 9.17) is 10.2 Å². The van der Waals surface area contributed by atoms with E-state index in [1.54, 1.807) is 25.1 Å². The summed E-state index contributed by atoms with van der Waals surface area (Å²) in [7, 11) is 0. The van der Waals surface area contributed by atoms with Crippen molar-refractivity contribution in [2.75, 3.05) is 0 Å². The molecule has 1 saturated heterocycles. The molecule has 0 saturated carbocycles. The van der Waals surface area contributed by atoms with Gasteiger partial charge in [-0.25, -0.2) is 4.39 Å². The molecule has 1 fully saturated rings. The lowest BCUT2D eigenvalue weighted by molar-refractivity contribution is -0.122. The average molecular weight is 543 g/mol. The molecule has 198 valence electrons. The maximum absolute atomic E-state index is 14.2. The van der Waals surface area contributed by atoms with Gasteiger partial charge in [-0.05, 0) is 66.8 Å². The van der Waals surface area contributed by atoms with E-state index in [-0.39, 0.29) is 17.1 Å². The molecule has 0 bridgehead atoms. The molecular weight excluding hydrogens is 515 g/mol. The van der Waals surface area contributed by atoms with Gasteiger partial charge in [0.1, 0.15) is 17.6 Å². The lowest BCUT2D eigenvalue weighted by Crippen LogP contribution is -2.48. The fourth-order valence-electron chi connectivity index (χ4n) is 5.35. The molecule has 2 aromatic heterocycles. The van der Waals surface area contributed by atoms with Crippen LogP contribution in [0.4, 0.5) is 4.39 Å². The molecule has 6 nitrogen and oxygen atoms in total. The highest BCUT2D eigenvalue weighted by Crippen LogP contribution is 2.48. The second-order valence-corrected chi connectivity index (χ2v) is 10.6. The Labute approximate surface area is 229 Å². The van der Waals surface area contributed by atoms with E-state index in [1.165, 1.54) is 34.4 Å². The lowest BCUT2D eigenvalue weighted by atomic mass is 9.80. The van der Waals surface area contributed by atoms with E-state index in [0.29, 0.717) is 5.76 Å². The van der Waals surface area contributed by atoms with Crippen molar-refractivity contribution in [2.24, 2.45) is 11.7 Å². The van der Waals surface area contributed by atoms with E-state index in [2.05, 4.69) is 0 Å². The highest BCUT2D eigenvalue weighted by atomic mass is 32.1. The fraction of sp³-hybridized carbons (Fsp3) is 0.194. The Bertz CT molecular complexity index is 1560. The lowest BCUT2D eigenvalue weighted by Gasteiger charge is -2.29. The van der Waals surface area contributed by atoms with Gasteiger partial charge in [-0.2, -0.15) is 0 Å². The number of carbonyl (C=O) groups is 3. The van der Waals surface area contributed by atoms with Gasteiger partial charge in [0, 0.05) is 16.4 Å². The van der Waals surface area contributed by atoms with Crippen molar-refractivity contribution in [1.29, 1.82) is 0 Å². The molecule has 0 spiro atoms. The van der Waals surface area contributed by atoms with Crippen LogP contribution in [0.15, 0.2) is 88.7 Å². The van der Waals surface area contributed by atoms with Crippen molar-refractivity contribution in [3.8, 4) is 0 Å². The van der Waals surface area contributed by atoms with Crippen molar-refractivity contribution >= 4 is 35.0 Å². The van der Waals surface area contributed by atoms with E-state index in [9.17, 15) is 18.8 Å². The SMILES string of the molecule is Cc1ccc(C(=O)C2C(c3sccc3C)C(C(N)=O)N(C(=O)c3cccc(F)c3)C2C=Cc2ccccc2)o1. The zero-order chi connectivity index (χ0) is 27.7. The summed E-state index contributed by atoms with van der Waals surface area (Å²) in [5.74, 6) is -3.19. The fourth-order valence-corrected chi connectivity index (χ4v) is 6.46. The molecule has 1 aliphatic rings. The van der Waals surface area contributed by atoms with E-state index < -0.39 is 41.6 Å². The molecule has 2 aromatic carbocycles. The van der Waals surface area contributed by atoms with Crippen molar-refractivity contribution in [1.82, 2.24) is 4.90 Å². The second-order valence-electron chi connectivity index (χ2n) is 9.62. The number of furan rings is 1. The molecule has 2 N–H and O–H groups in total. The summed E-state index contributed by atoms with van der Waals surface area (Å²) in [5, 5.41) is 1.88. The van der Waals surface area contributed by atoms with Crippen molar-refractivity contribution in [3.05, 3.63) is 123 Å². The molecule has 0 aliphatic carbocycles. The number of benzene rings is 2. The van der Waals surface area contributed by atoms with Crippen LogP contribution in [0.25, 0.3) is 6.08 Å². The predicted molar refractivity (Wildman–Crippen MR) is 148 cm³/mol.